The molecule has 0 atom stereocenters. The maximum Gasteiger partial charge on any atom is 0.335 e. The molecule has 2 N–H and O–H groups in total. The van der Waals surface area contributed by atoms with E-state index in [4.69, 9.17) is 9.84 Å². The average Bonchev–Trinajstić information content (AvgIpc) is 2.25. The lowest BCUT2D eigenvalue weighted by Crippen LogP contribution is -2.09. The Hall–Kier alpha value is -1.55. The summed E-state index contributed by atoms with van der Waals surface area (Å²) in [7, 11) is 0. The van der Waals surface area contributed by atoms with Crippen molar-refractivity contribution in [3.05, 3.63) is 29.8 Å². The van der Waals surface area contributed by atoms with E-state index in [2.05, 4.69) is 5.32 Å². The summed E-state index contributed by atoms with van der Waals surface area (Å²) in [5.41, 5.74) is 1.09. The van der Waals surface area contributed by atoms with Gasteiger partial charge in [0, 0.05) is 18.8 Å². The Morgan fingerprint density at radius 1 is 1.53 bits per heavy atom. The van der Waals surface area contributed by atoms with E-state index in [1.54, 1.807) is 18.2 Å². The largest absolute Gasteiger partial charge is 0.478 e. The van der Waals surface area contributed by atoms with Gasteiger partial charge in [0.25, 0.3) is 0 Å². The zero-order valence-corrected chi connectivity index (χ0v) is 8.69. The molecule has 82 valence electrons. The molecule has 0 aliphatic heterocycles. The minimum atomic E-state index is -0.913. The summed E-state index contributed by atoms with van der Waals surface area (Å²) < 4.78 is 5.15. The van der Waals surface area contributed by atoms with Gasteiger partial charge in [0.05, 0.1) is 12.2 Å². The predicted octanol–water partition coefficient (Wildman–Crippen LogP) is 1.83. The first-order valence-corrected chi connectivity index (χ1v) is 4.89. The third-order valence-corrected chi connectivity index (χ3v) is 1.89. The molecule has 0 saturated carbocycles. The third-order valence-electron chi connectivity index (χ3n) is 1.89. The van der Waals surface area contributed by atoms with Crippen LogP contribution in [0.15, 0.2) is 24.3 Å². The van der Waals surface area contributed by atoms with Crippen LogP contribution in [-0.2, 0) is 4.74 Å². The van der Waals surface area contributed by atoms with Gasteiger partial charge in [0.2, 0.25) is 0 Å². The molecular weight excluding hydrogens is 194 g/mol. The van der Waals surface area contributed by atoms with E-state index in [0.29, 0.717) is 19.8 Å². The zero-order chi connectivity index (χ0) is 11.1. The number of anilines is 1. The van der Waals surface area contributed by atoms with Crippen molar-refractivity contribution in [1.29, 1.82) is 0 Å². The van der Waals surface area contributed by atoms with Gasteiger partial charge in [0.1, 0.15) is 0 Å². The first-order chi connectivity index (χ1) is 7.24. The molecule has 4 nitrogen and oxygen atoms in total. The monoisotopic (exact) mass is 209 g/mol. The Morgan fingerprint density at radius 2 is 2.33 bits per heavy atom. The van der Waals surface area contributed by atoms with Crippen LogP contribution < -0.4 is 5.32 Å². The topological polar surface area (TPSA) is 58.6 Å². The second kappa shape index (κ2) is 6.03. The highest BCUT2D eigenvalue weighted by molar-refractivity contribution is 5.88. The number of carboxylic acids is 1. The van der Waals surface area contributed by atoms with Crippen molar-refractivity contribution in [2.75, 3.05) is 25.1 Å². The summed E-state index contributed by atoms with van der Waals surface area (Å²) in [5.74, 6) is -0.913. The highest BCUT2D eigenvalue weighted by atomic mass is 16.5. The number of ether oxygens (including phenoxy) is 1. The van der Waals surface area contributed by atoms with Crippen LogP contribution in [0.25, 0.3) is 0 Å². The van der Waals surface area contributed by atoms with Crippen molar-refractivity contribution >= 4 is 11.7 Å². The molecule has 0 saturated heterocycles. The first-order valence-electron chi connectivity index (χ1n) is 4.89. The van der Waals surface area contributed by atoms with Gasteiger partial charge in [-0.2, -0.15) is 0 Å². The van der Waals surface area contributed by atoms with Gasteiger partial charge in [0.15, 0.2) is 0 Å². The Kier molecular flexibility index (Phi) is 4.63. The van der Waals surface area contributed by atoms with Crippen molar-refractivity contribution in [3.8, 4) is 0 Å². The van der Waals surface area contributed by atoms with Gasteiger partial charge in [-0.25, -0.2) is 4.79 Å². The summed E-state index contributed by atoms with van der Waals surface area (Å²) in [5, 5.41) is 11.9. The summed E-state index contributed by atoms with van der Waals surface area (Å²) >= 11 is 0. The molecule has 1 aromatic rings. The molecule has 0 bridgehead atoms. The number of carbonyl (C=O) groups is 1. The van der Waals surface area contributed by atoms with E-state index in [-0.39, 0.29) is 5.56 Å². The lowest BCUT2D eigenvalue weighted by atomic mass is 10.2. The van der Waals surface area contributed by atoms with Gasteiger partial charge >= 0.3 is 5.97 Å². The molecule has 0 aliphatic rings. The van der Waals surface area contributed by atoms with Crippen LogP contribution in [0.3, 0.4) is 0 Å². The maximum atomic E-state index is 10.7. The fraction of sp³-hybridized carbons (Fsp3) is 0.364. The van der Waals surface area contributed by atoms with E-state index < -0.39 is 5.97 Å². The average molecular weight is 209 g/mol. The normalized spacial score (nSPS) is 9.93. The zero-order valence-electron chi connectivity index (χ0n) is 8.69. The van der Waals surface area contributed by atoms with Crippen LogP contribution >= 0.6 is 0 Å². The van der Waals surface area contributed by atoms with Crippen molar-refractivity contribution in [2.24, 2.45) is 0 Å². The number of aromatic carboxylic acids is 1. The molecule has 0 heterocycles. The summed E-state index contributed by atoms with van der Waals surface area (Å²) in [6.07, 6.45) is 0. The number of hydrogen-bond acceptors (Lipinski definition) is 3. The van der Waals surface area contributed by atoms with Crippen LogP contribution in [-0.4, -0.2) is 30.8 Å². The molecule has 0 aliphatic carbocycles. The smallest absolute Gasteiger partial charge is 0.335 e. The quantitative estimate of drug-likeness (QED) is 0.702. The van der Waals surface area contributed by atoms with E-state index in [9.17, 15) is 4.79 Å². The van der Waals surface area contributed by atoms with Gasteiger partial charge in [-0.15, -0.1) is 0 Å². The second-order valence-electron chi connectivity index (χ2n) is 3.01. The van der Waals surface area contributed by atoms with Crippen LogP contribution in [0.5, 0.6) is 0 Å². The predicted molar refractivity (Wildman–Crippen MR) is 58.4 cm³/mol. The van der Waals surface area contributed by atoms with Gasteiger partial charge in [-0.05, 0) is 25.1 Å². The summed E-state index contributed by atoms with van der Waals surface area (Å²) in [4.78, 5) is 10.7. The molecule has 0 fully saturated rings. The van der Waals surface area contributed by atoms with Crippen molar-refractivity contribution in [1.82, 2.24) is 0 Å². The van der Waals surface area contributed by atoms with Crippen LogP contribution in [0.1, 0.15) is 17.3 Å². The molecule has 0 unspecified atom stereocenters. The minimum Gasteiger partial charge on any atom is -0.478 e. The lowest BCUT2D eigenvalue weighted by Gasteiger charge is -2.06. The Bertz CT molecular complexity index is 325. The van der Waals surface area contributed by atoms with Crippen LogP contribution in [0.2, 0.25) is 0 Å². The maximum absolute atomic E-state index is 10.7. The van der Waals surface area contributed by atoms with Gasteiger partial charge in [-0.1, -0.05) is 6.07 Å². The number of hydrogen-bond donors (Lipinski definition) is 2. The molecule has 1 rings (SSSR count). The van der Waals surface area contributed by atoms with Crippen molar-refractivity contribution < 1.29 is 14.6 Å². The first kappa shape index (κ1) is 11.5. The second-order valence-corrected chi connectivity index (χ2v) is 3.01. The van der Waals surface area contributed by atoms with E-state index in [1.807, 2.05) is 13.0 Å². The van der Waals surface area contributed by atoms with Gasteiger partial charge < -0.3 is 15.2 Å². The van der Waals surface area contributed by atoms with Crippen molar-refractivity contribution in [2.45, 2.75) is 6.92 Å². The fourth-order valence-corrected chi connectivity index (χ4v) is 1.17. The van der Waals surface area contributed by atoms with E-state index >= 15 is 0 Å². The molecule has 15 heavy (non-hydrogen) atoms. The van der Waals surface area contributed by atoms with E-state index in [1.165, 1.54) is 0 Å². The number of carboxylic acid groups (broad SMARTS) is 1. The highest BCUT2D eigenvalue weighted by Crippen LogP contribution is 2.09. The number of rotatable bonds is 6. The van der Waals surface area contributed by atoms with Crippen molar-refractivity contribution in [3.63, 3.8) is 0 Å². The Morgan fingerprint density at radius 3 is 3.00 bits per heavy atom. The van der Waals surface area contributed by atoms with Gasteiger partial charge in [-0.3, -0.25) is 0 Å². The lowest BCUT2D eigenvalue weighted by molar-refractivity contribution is 0.0697. The third kappa shape index (κ3) is 3.99. The Labute approximate surface area is 88.9 Å². The van der Waals surface area contributed by atoms with E-state index in [0.717, 1.165) is 5.69 Å². The number of nitrogens with one attached hydrogen (secondary N) is 1. The fourth-order valence-electron chi connectivity index (χ4n) is 1.17. The number of benzene rings is 1. The summed E-state index contributed by atoms with van der Waals surface area (Å²) in [6.45, 7) is 3.92. The molecular formula is C11H15NO3. The SMILES string of the molecule is CCOCCNc1cccc(C(=O)O)c1. The highest BCUT2D eigenvalue weighted by Gasteiger charge is 2.02. The van der Waals surface area contributed by atoms with Crippen LogP contribution in [0, 0.1) is 0 Å². The Balaban J connectivity index is 2.47. The molecule has 0 amide bonds. The minimum absolute atomic E-state index is 0.288. The molecule has 0 aromatic heterocycles. The molecule has 4 heteroatoms. The molecule has 0 radical (unpaired) electrons. The molecule has 1 aromatic carbocycles. The summed E-state index contributed by atoms with van der Waals surface area (Å²) in [6, 6.07) is 6.72. The standard InChI is InChI=1S/C11H15NO3/c1-2-15-7-6-12-10-5-3-4-9(8-10)11(13)14/h3-5,8,12H,2,6-7H2,1H3,(H,13,14). The molecule has 0 spiro atoms. The van der Waals surface area contributed by atoms with Crippen LogP contribution in [0.4, 0.5) is 5.69 Å².